The van der Waals surface area contributed by atoms with Gasteiger partial charge in [-0.05, 0) is 44.6 Å². The number of amides is 1. The Hall–Kier alpha value is -1.89. The third-order valence-electron chi connectivity index (χ3n) is 5.35. The summed E-state index contributed by atoms with van der Waals surface area (Å²) in [5.41, 5.74) is 1.46. The molecule has 0 unspecified atom stereocenters. The molecule has 1 amide bonds. The fourth-order valence-corrected chi connectivity index (χ4v) is 5.39. The van der Waals surface area contributed by atoms with Crippen molar-refractivity contribution in [3.05, 3.63) is 16.3 Å². The minimum atomic E-state index is -0.210. The molecule has 2 aliphatic rings. The Balaban J connectivity index is 1.64. The van der Waals surface area contributed by atoms with E-state index in [-0.39, 0.29) is 6.09 Å². The lowest BCUT2D eigenvalue weighted by atomic mass is 9.89. The van der Waals surface area contributed by atoms with Crippen molar-refractivity contribution in [2.24, 2.45) is 5.92 Å². The SMILES string of the molecule is CCOC(=O)N1CCN(c2nc(C)nc3sc4c(c23)CC[C@@H](C)C4)CC1. The number of fused-ring (bicyclic) bond motifs is 3. The summed E-state index contributed by atoms with van der Waals surface area (Å²) < 4.78 is 5.13. The molecule has 4 rings (SSSR count). The molecular weight excluding hydrogens is 348 g/mol. The maximum Gasteiger partial charge on any atom is 0.409 e. The third-order valence-corrected chi connectivity index (χ3v) is 6.50. The molecule has 0 radical (unpaired) electrons. The molecule has 1 fully saturated rings. The maximum absolute atomic E-state index is 11.9. The van der Waals surface area contributed by atoms with Crippen molar-refractivity contribution in [1.82, 2.24) is 14.9 Å². The summed E-state index contributed by atoms with van der Waals surface area (Å²) in [6.07, 6.45) is 3.31. The van der Waals surface area contributed by atoms with Gasteiger partial charge in [-0.1, -0.05) is 6.92 Å². The van der Waals surface area contributed by atoms with Crippen LogP contribution in [-0.2, 0) is 17.6 Å². The van der Waals surface area contributed by atoms with Gasteiger partial charge in [-0.15, -0.1) is 11.3 Å². The highest BCUT2D eigenvalue weighted by Crippen LogP contribution is 2.41. The summed E-state index contributed by atoms with van der Waals surface area (Å²) in [7, 11) is 0. The van der Waals surface area contributed by atoms with Gasteiger partial charge in [-0.2, -0.15) is 0 Å². The van der Waals surface area contributed by atoms with Crippen LogP contribution in [0.2, 0.25) is 0 Å². The average Bonchev–Trinajstić information content (AvgIpc) is 2.98. The van der Waals surface area contributed by atoms with Gasteiger partial charge < -0.3 is 14.5 Å². The molecule has 7 heteroatoms. The van der Waals surface area contributed by atoms with Crippen molar-refractivity contribution in [2.45, 2.75) is 40.0 Å². The summed E-state index contributed by atoms with van der Waals surface area (Å²) in [6.45, 7) is 9.48. The van der Waals surface area contributed by atoms with Gasteiger partial charge in [0.15, 0.2) is 0 Å². The molecule has 1 saturated heterocycles. The third kappa shape index (κ3) is 3.13. The molecule has 140 valence electrons. The maximum atomic E-state index is 11.9. The number of piperazine rings is 1. The van der Waals surface area contributed by atoms with Gasteiger partial charge in [-0.25, -0.2) is 14.8 Å². The molecule has 3 heterocycles. The van der Waals surface area contributed by atoms with E-state index in [2.05, 4.69) is 11.8 Å². The van der Waals surface area contributed by atoms with Crippen molar-refractivity contribution < 1.29 is 9.53 Å². The monoisotopic (exact) mass is 374 g/mol. The second-order valence-electron chi connectivity index (χ2n) is 7.30. The van der Waals surface area contributed by atoms with Gasteiger partial charge in [0.2, 0.25) is 0 Å². The van der Waals surface area contributed by atoms with E-state index in [1.807, 2.05) is 25.2 Å². The summed E-state index contributed by atoms with van der Waals surface area (Å²) in [5, 5.41) is 1.26. The number of carbonyl (C=O) groups is 1. The zero-order valence-corrected chi connectivity index (χ0v) is 16.6. The van der Waals surface area contributed by atoms with Crippen LogP contribution in [0.4, 0.5) is 10.6 Å². The Morgan fingerprint density at radius 2 is 2.04 bits per heavy atom. The molecule has 1 aliphatic heterocycles. The van der Waals surface area contributed by atoms with Crippen molar-refractivity contribution in [3.63, 3.8) is 0 Å². The summed E-state index contributed by atoms with van der Waals surface area (Å²) in [4.78, 5) is 28.2. The lowest BCUT2D eigenvalue weighted by Crippen LogP contribution is -2.49. The van der Waals surface area contributed by atoms with E-state index in [9.17, 15) is 4.79 Å². The number of ether oxygens (including phenoxy) is 1. The van der Waals surface area contributed by atoms with Crippen LogP contribution in [0.3, 0.4) is 0 Å². The van der Waals surface area contributed by atoms with E-state index in [1.54, 1.807) is 4.90 Å². The van der Waals surface area contributed by atoms with Crippen LogP contribution < -0.4 is 4.90 Å². The molecule has 1 aliphatic carbocycles. The summed E-state index contributed by atoms with van der Waals surface area (Å²) in [5.74, 6) is 2.64. The second kappa shape index (κ2) is 7.02. The van der Waals surface area contributed by atoms with Gasteiger partial charge in [0.1, 0.15) is 16.5 Å². The largest absolute Gasteiger partial charge is 0.450 e. The Morgan fingerprint density at radius 3 is 2.77 bits per heavy atom. The Morgan fingerprint density at radius 1 is 1.27 bits per heavy atom. The number of aryl methyl sites for hydroxylation is 2. The van der Waals surface area contributed by atoms with E-state index in [0.29, 0.717) is 19.7 Å². The smallest absolute Gasteiger partial charge is 0.409 e. The summed E-state index contributed by atoms with van der Waals surface area (Å²) >= 11 is 1.85. The first-order valence-electron chi connectivity index (χ1n) is 9.52. The molecule has 0 aromatic carbocycles. The van der Waals surface area contributed by atoms with Crippen molar-refractivity contribution >= 4 is 33.5 Å². The first-order chi connectivity index (χ1) is 12.6. The number of nitrogens with zero attached hydrogens (tertiary/aromatic N) is 4. The number of hydrogen-bond donors (Lipinski definition) is 0. The normalized spacial score (nSPS) is 20.3. The predicted octanol–water partition coefficient (Wildman–Crippen LogP) is 3.40. The van der Waals surface area contributed by atoms with Crippen molar-refractivity contribution in [2.75, 3.05) is 37.7 Å². The van der Waals surface area contributed by atoms with E-state index >= 15 is 0 Å². The quantitative estimate of drug-likeness (QED) is 0.806. The first kappa shape index (κ1) is 17.5. The number of aromatic nitrogens is 2. The van der Waals surface area contributed by atoms with E-state index in [4.69, 9.17) is 14.7 Å². The topological polar surface area (TPSA) is 58.6 Å². The number of rotatable bonds is 2. The number of hydrogen-bond acceptors (Lipinski definition) is 6. The molecule has 2 aromatic rings. The highest BCUT2D eigenvalue weighted by Gasteiger charge is 2.28. The predicted molar refractivity (Wildman–Crippen MR) is 104 cm³/mol. The molecule has 0 saturated carbocycles. The molecule has 0 bridgehead atoms. The Labute approximate surface area is 158 Å². The van der Waals surface area contributed by atoms with Gasteiger partial charge in [-0.3, -0.25) is 0 Å². The Kier molecular flexibility index (Phi) is 4.73. The van der Waals surface area contributed by atoms with Gasteiger partial charge in [0.25, 0.3) is 0 Å². The van der Waals surface area contributed by atoms with Crippen LogP contribution in [0.5, 0.6) is 0 Å². The number of anilines is 1. The van der Waals surface area contributed by atoms with Crippen LogP contribution >= 0.6 is 11.3 Å². The fraction of sp³-hybridized carbons (Fsp3) is 0.632. The zero-order chi connectivity index (χ0) is 18.3. The second-order valence-corrected chi connectivity index (χ2v) is 8.38. The highest BCUT2D eigenvalue weighted by molar-refractivity contribution is 7.19. The standard InChI is InChI=1S/C19H26N4O2S/c1-4-25-19(24)23-9-7-22(8-10-23)17-16-14-6-5-12(2)11-15(14)26-18(16)21-13(3)20-17/h12H,4-11H2,1-3H3/t12-/m1/s1. The van der Waals surface area contributed by atoms with Gasteiger partial charge in [0, 0.05) is 31.1 Å². The van der Waals surface area contributed by atoms with Gasteiger partial charge >= 0.3 is 6.09 Å². The average molecular weight is 375 g/mol. The first-order valence-corrected chi connectivity index (χ1v) is 10.3. The van der Waals surface area contributed by atoms with Gasteiger partial charge in [0.05, 0.1) is 12.0 Å². The van der Waals surface area contributed by atoms with E-state index < -0.39 is 0 Å². The lowest BCUT2D eigenvalue weighted by molar-refractivity contribution is 0.105. The molecule has 0 N–H and O–H groups in total. The molecule has 2 aromatic heterocycles. The minimum absolute atomic E-state index is 0.210. The zero-order valence-electron chi connectivity index (χ0n) is 15.7. The van der Waals surface area contributed by atoms with Crippen molar-refractivity contribution in [3.8, 4) is 0 Å². The van der Waals surface area contributed by atoms with Crippen LogP contribution in [0.1, 0.15) is 36.5 Å². The molecular formula is C19H26N4O2S. The highest BCUT2D eigenvalue weighted by atomic mass is 32.1. The van der Waals surface area contributed by atoms with E-state index in [1.165, 1.54) is 22.2 Å². The molecule has 26 heavy (non-hydrogen) atoms. The van der Waals surface area contributed by atoms with E-state index in [0.717, 1.165) is 48.3 Å². The Bertz CT molecular complexity index is 827. The lowest BCUT2D eigenvalue weighted by Gasteiger charge is -2.35. The molecule has 6 nitrogen and oxygen atoms in total. The minimum Gasteiger partial charge on any atom is -0.450 e. The fourth-order valence-electron chi connectivity index (χ4n) is 3.97. The van der Waals surface area contributed by atoms with Crippen LogP contribution in [0.25, 0.3) is 10.2 Å². The number of carbonyl (C=O) groups excluding carboxylic acids is 1. The molecule has 0 spiro atoms. The van der Waals surface area contributed by atoms with Crippen LogP contribution in [0.15, 0.2) is 0 Å². The number of thiophene rings is 1. The van der Waals surface area contributed by atoms with Crippen molar-refractivity contribution in [1.29, 1.82) is 0 Å². The van der Waals surface area contributed by atoms with Crippen LogP contribution in [-0.4, -0.2) is 53.7 Å². The van der Waals surface area contributed by atoms with Crippen LogP contribution in [0, 0.1) is 12.8 Å². The summed E-state index contributed by atoms with van der Waals surface area (Å²) in [6, 6.07) is 0. The molecule has 1 atom stereocenters.